The van der Waals surface area contributed by atoms with Crippen LogP contribution in [0.25, 0.3) is 10.9 Å². The fourth-order valence-corrected chi connectivity index (χ4v) is 1.87. The van der Waals surface area contributed by atoms with Gasteiger partial charge in [0.1, 0.15) is 5.75 Å². The SMILES string of the molecule is COc1cc2cc(C)[nH]c2c(C)c1C. The first-order valence-electron chi connectivity index (χ1n) is 4.77. The Morgan fingerprint density at radius 2 is 1.79 bits per heavy atom. The minimum absolute atomic E-state index is 0.967. The number of H-pyrrole nitrogens is 1. The van der Waals surface area contributed by atoms with E-state index in [1.54, 1.807) is 7.11 Å². The quantitative estimate of drug-likeness (QED) is 0.732. The molecule has 0 fully saturated rings. The number of aryl methyl sites for hydroxylation is 2. The highest BCUT2D eigenvalue weighted by Gasteiger charge is 2.08. The normalized spacial score (nSPS) is 10.9. The lowest BCUT2D eigenvalue weighted by atomic mass is 10.1. The molecule has 0 aliphatic rings. The van der Waals surface area contributed by atoms with Crippen molar-refractivity contribution < 1.29 is 4.74 Å². The minimum Gasteiger partial charge on any atom is -0.496 e. The van der Waals surface area contributed by atoms with Crippen molar-refractivity contribution in [1.29, 1.82) is 0 Å². The van der Waals surface area contributed by atoms with Gasteiger partial charge in [0, 0.05) is 16.6 Å². The maximum absolute atomic E-state index is 5.33. The smallest absolute Gasteiger partial charge is 0.122 e. The van der Waals surface area contributed by atoms with Gasteiger partial charge in [-0.25, -0.2) is 0 Å². The second kappa shape index (κ2) is 3.05. The molecule has 2 heteroatoms. The molecular formula is C12H15NO. The number of aromatic amines is 1. The highest BCUT2D eigenvalue weighted by Crippen LogP contribution is 2.29. The predicted molar refractivity (Wildman–Crippen MR) is 59.1 cm³/mol. The molecule has 0 radical (unpaired) electrons. The zero-order valence-electron chi connectivity index (χ0n) is 9.06. The van der Waals surface area contributed by atoms with Crippen LogP contribution in [0.3, 0.4) is 0 Å². The summed E-state index contributed by atoms with van der Waals surface area (Å²) in [5.41, 5.74) is 4.89. The van der Waals surface area contributed by atoms with Crippen LogP contribution in [0.5, 0.6) is 5.75 Å². The number of nitrogens with one attached hydrogen (secondary N) is 1. The van der Waals surface area contributed by atoms with E-state index in [1.165, 1.54) is 27.7 Å². The lowest BCUT2D eigenvalue weighted by molar-refractivity contribution is 0.412. The number of benzene rings is 1. The van der Waals surface area contributed by atoms with Crippen LogP contribution in [0.2, 0.25) is 0 Å². The average molecular weight is 189 g/mol. The third-order valence-electron chi connectivity index (χ3n) is 2.80. The van der Waals surface area contributed by atoms with Gasteiger partial charge in [-0.1, -0.05) is 0 Å². The van der Waals surface area contributed by atoms with Gasteiger partial charge in [0.25, 0.3) is 0 Å². The fourth-order valence-electron chi connectivity index (χ4n) is 1.87. The summed E-state index contributed by atoms with van der Waals surface area (Å²) in [6, 6.07) is 4.23. The molecule has 0 saturated heterocycles. The molecule has 0 aliphatic carbocycles. The maximum atomic E-state index is 5.33. The highest BCUT2D eigenvalue weighted by molar-refractivity contribution is 5.86. The van der Waals surface area contributed by atoms with Crippen LogP contribution in [0.4, 0.5) is 0 Å². The second-order valence-corrected chi connectivity index (χ2v) is 3.75. The number of hydrogen-bond donors (Lipinski definition) is 1. The maximum Gasteiger partial charge on any atom is 0.122 e. The lowest BCUT2D eigenvalue weighted by Gasteiger charge is -2.08. The van der Waals surface area contributed by atoms with Crippen LogP contribution in [0, 0.1) is 20.8 Å². The first-order chi connectivity index (χ1) is 6.63. The zero-order valence-corrected chi connectivity index (χ0v) is 9.06. The molecule has 74 valence electrons. The van der Waals surface area contributed by atoms with Crippen molar-refractivity contribution in [1.82, 2.24) is 4.98 Å². The Morgan fingerprint density at radius 3 is 2.43 bits per heavy atom. The molecule has 0 aliphatic heterocycles. The van der Waals surface area contributed by atoms with Gasteiger partial charge in [-0.3, -0.25) is 0 Å². The molecule has 14 heavy (non-hydrogen) atoms. The molecule has 1 aromatic heterocycles. The van der Waals surface area contributed by atoms with Gasteiger partial charge in [-0.15, -0.1) is 0 Å². The van der Waals surface area contributed by atoms with Crippen LogP contribution in [-0.4, -0.2) is 12.1 Å². The molecule has 0 saturated carbocycles. The van der Waals surface area contributed by atoms with Crippen molar-refractivity contribution in [3.05, 3.63) is 29.0 Å². The van der Waals surface area contributed by atoms with Gasteiger partial charge in [0.2, 0.25) is 0 Å². The summed E-state index contributed by atoms with van der Waals surface area (Å²) in [5, 5.41) is 1.22. The molecule has 1 N–H and O–H groups in total. The molecular weight excluding hydrogens is 174 g/mol. The van der Waals surface area contributed by atoms with E-state index in [-0.39, 0.29) is 0 Å². The third kappa shape index (κ3) is 1.18. The van der Waals surface area contributed by atoms with E-state index in [9.17, 15) is 0 Å². The number of ether oxygens (including phenoxy) is 1. The summed E-state index contributed by atoms with van der Waals surface area (Å²) < 4.78 is 5.33. The largest absolute Gasteiger partial charge is 0.496 e. The van der Waals surface area contributed by atoms with Crippen LogP contribution < -0.4 is 4.74 Å². The zero-order chi connectivity index (χ0) is 10.3. The second-order valence-electron chi connectivity index (χ2n) is 3.75. The van der Waals surface area contributed by atoms with Crippen molar-refractivity contribution in [2.24, 2.45) is 0 Å². The minimum atomic E-state index is 0.967. The first kappa shape index (κ1) is 9.13. The average Bonchev–Trinajstić information content (AvgIpc) is 2.52. The van der Waals surface area contributed by atoms with Gasteiger partial charge < -0.3 is 9.72 Å². The molecule has 2 rings (SSSR count). The van der Waals surface area contributed by atoms with Crippen LogP contribution in [0.15, 0.2) is 12.1 Å². The van der Waals surface area contributed by atoms with E-state index in [2.05, 4.69) is 37.9 Å². The number of methoxy groups -OCH3 is 1. The number of rotatable bonds is 1. The van der Waals surface area contributed by atoms with E-state index in [4.69, 9.17) is 4.74 Å². The molecule has 0 unspecified atom stereocenters. The predicted octanol–water partition coefficient (Wildman–Crippen LogP) is 3.10. The summed E-state index contributed by atoms with van der Waals surface area (Å²) in [7, 11) is 1.72. The van der Waals surface area contributed by atoms with E-state index in [0.717, 1.165) is 5.75 Å². The molecule has 2 aromatic rings. The summed E-state index contributed by atoms with van der Waals surface area (Å²) in [6.07, 6.45) is 0. The Bertz CT molecular complexity index is 483. The van der Waals surface area contributed by atoms with Gasteiger partial charge in [-0.05, 0) is 44.0 Å². The molecule has 0 amide bonds. The molecule has 0 atom stereocenters. The Morgan fingerprint density at radius 1 is 1.07 bits per heavy atom. The number of hydrogen-bond acceptors (Lipinski definition) is 1. The Hall–Kier alpha value is -1.44. The standard InChI is InChI=1S/C12H15NO/c1-7-5-10-6-11(14-4)8(2)9(3)12(10)13-7/h5-6,13H,1-4H3. The molecule has 0 bridgehead atoms. The molecule has 1 aromatic carbocycles. The van der Waals surface area contributed by atoms with Gasteiger partial charge >= 0.3 is 0 Å². The Balaban J connectivity index is 2.84. The highest BCUT2D eigenvalue weighted by atomic mass is 16.5. The molecule has 0 spiro atoms. The van der Waals surface area contributed by atoms with Crippen molar-refractivity contribution in [2.75, 3.05) is 7.11 Å². The third-order valence-corrected chi connectivity index (χ3v) is 2.80. The van der Waals surface area contributed by atoms with Crippen molar-refractivity contribution >= 4 is 10.9 Å². The van der Waals surface area contributed by atoms with Crippen LogP contribution >= 0.6 is 0 Å². The summed E-state index contributed by atoms with van der Waals surface area (Å²) in [6.45, 7) is 6.28. The topological polar surface area (TPSA) is 25.0 Å². The summed E-state index contributed by atoms with van der Waals surface area (Å²) in [4.78, 5) is 3.36. The van der Waals surface area contributed by atoms with E-state index in [0.29, 0.717) is 0 Å². The monoisotopic (exact) mass is 189 g/mol. The fraction of sp³-hybridized carbons (Fsp3) is 0.333. The van der Waals surface area contributed by atoms with Crippen LogP contribution in [0.1, 0.15) is 16.8 Å². The van der Waals surface area contributed by atoms with Crippen molar-refractivity contribution in [2.45, 2.75) is 20.8 Å². The summed E-state index contributed by atoms with van der Waals surface area (Å²) in [5.74, 6) is 0.967. The Kier molecular flexibility index (Phi) is 1.99. The Labute approximate surface area is 83.9 Å². The summed E-state index contributed by atoms with van der Waals surface area (Å²) >= 11 is 0. The lowest BCUT2D eigenvalue weighted by Crippen LogP contribution is -1.90. The van der Waals surface area contributed by atoms with E-state index < -0.39 is 0 Å². The van der Waals surface area contributed by atoms with Crippen molar-refractivity contribution in [3.8, 4) is 5.75 Å². The van der Waals surface area contributed by atoms with Crippen molar-refractivity contribution in [3.63, 3.8) is 0 Å². The number of fused-ring (bicyclic) bond motifs is 1. The van der Waals surface area contributed by atoms with Gasteiger partial charge in [0.05, 0.1) is 7.11 Å². The van der Waals surface area contributed by atoms with Gasteiger partial charge in [-0.2, -0.15) is 0 Å². The van der Waals surface area contributed by atoms with E-state index in [1.807, 2.05) is 0 Å². The molecule has 1 heterocycles. The van der Waals surface area contributed by atoms with Gasteiger partial charge in [0.15, 0.2) is 0 Å². The number of aromatic nitrogens is 1. The van der Waals surface area contributed by atoms with E-state index >= 15 is 0 Å². The van der Waals surface area contributed by atoms with Crippen LogP contribution in [-0.2, 0) is 0 Å². The molecule has 2 nitrogen and oxygen atoms in total. The first-order valence-corrected chi connectivity index (χ1v) is 4.77.